The second kappa shape index (κ2) is 8.43. The molecular formula is C16H21N. The SMILES string of the molecule is CC.CCC(C)C#Cc1ccc(C)c(C#N)c1. The van der Waals surface area contributed by atoms with E-state index in [2.05, 4.69) is 31.8 Å². The van der Waals surface area contributed by atoms with E-state index in [0.717, 1.165) is 17.5 Å². The van der Waals surface area contributed by atoms with Gasteiger partial charge in [0.05, 0.1) is 11.6 Å². The summed E-state index contributed by atoms with van der Waals surface area (Å²) in [5.74, 6) is 6.67. The summed E-state index contributed by atoms with van der Waals surface area (Å²) in [5, 5.41) is 8.87. The minimum atomic E-state index is 0.414. The molecule has 0 amide bonds. The third-order valence-electron chi connectivity index (χ3n) is 2.43. The number of rotatable bonds is 1. The Kier molecular flexibility index (Phi) is 7.57. The van der Waals surface area contributed by atoms with Gasteiger partial charge in [-0.3, -0.25) is 0 Å². The van der Waals surface area contributed by atoms with Crippen molar-refractivity contribution < 1.29 is 0 Å². The first kappa shape index (κ1) is 15.3. The van der Waals surface area contributed by atoms with Gasteiger partial charge in [0.25, 0.3) is 0 Å². The summed E-state index contributed by atoms with van der Waals surface area (Å²) in [4.78, 5) is 0. The minimum Gasteiger partial charge on any atom is -0.192 e. The molecule has 0 aromatic heterocycles. The monoisotopic (exact) mass is 227 g/mol. The lowest BCUT2D eigenvalue weighted by Gasteiger charge is -1.98. The van der Waals surface area contributed by atoms with Crippen molar-refractivity contribution in [3.8, 4) is 17.9 Å². The number of hydrogen-bond acceptors (Lipinski definition) is 1. The van der Waals surface area contributed by atoms with Gasteiger partial charge in [0, 0.05) is 11.5 Å². The van der Waals surface area contributed by atoms with Crippen molar-refractivity contribution in [3.63, 3.8) is 0 Å². The molecule has 0 fully saturated rings. The third kappa shape index (κ3) is 5.23. The molecule has 0 bridgehead atoms. The van der Waals surface area contributed by atoms with E-state index in [9.17, 15) is 0 Å². The van der Waals surface area contributed by atoms with E-state index in [1.165, 1.54) is 0 Å². The summed E-state index contributed by atoms with van der Waals surface area (Å²) >= 11 is 0. The Morgan fingerprint density at radius 3 is 2.47 bits per heavy atom. The molecule has 0 aliphatic heterocycles. The van der Waals surface area contributed by atoms with Crippen LogP contribution in [0.5, 0.6) is 0 Å². The molecule has 1 aromatic carbocycles. The van der Waals surface area contributed by atoms with E-state index >= 15 is 0 Å². The van der Waals surface area contributed by atoms with Gasteiger partial charge in [-0.2, -0.15) is 5.26 Å². The van der Waals surface area contributed by atoms with Crippen LogP contribution in [0.2, 0.25) is 0 Å². The van der Waals surface area contributed by atoms with Crippen molar-refractivity contribution in [2.24, 2.45) is 5.92 Å². The average Bonchev–Trinajstić information content (AvgIpc) is 2.39. The van der Waals surface area contributed by atoms with Crippen molar-refractivity contribution in [2.75, 3.05) is 0 Å². The van der Waals surface area contributed by atoms with Crippen LogP contribution < -0.4 is 0 Å². The molecule has 1 rings (SSSR count). The number of nitriles is 1. The van der Waals surface area contributed by atoms with Crippen LogP contribution in [0, 0.1) is 36.0 Å². The van der Waals surface area contributed by atoms with Crippen LogP contribution >= 0.6 is 0 Å². The van der Waals surface area contributed by atoms with Gasteiger partial charge < -0.3 is 0 Å². The largest absolute Gasteiger partial charge is 0.192 e. The maximum absolute atomic E-state index is 8.87. The van der Waals surface area contributed by atoms with E-state index in [0.29, 0.717) is 11.5 Å². The fourth-order valence-corrected chi connectivity index (χ4v) is 1.13. The summed E-state index contributed by atoms with van der Waals surface area (Å²) in [7, 11) is 0. The Morgan fingerprint density at radius 1 is 1.29 bits per heavy atom. The van der Waals surface area contributed by atoms with E-state index in [-0.39, 0.29) is 0 Å². The van der Waals surface area contributed by atoms with Crippen molar-refractivity contribution in [2.45, 2.75) is 41.0 Å². The number of aryl methyl sites for hydroxylation is 1. The molecule has 0 radical (unpaired) electrons. The quantitative estimate of drug-likeness (QED) is 0.656. The second-order valence-electron chi connectivity index (χ2n) is 3.72. The van der Waals surface area contributed by atoms with E-state index < -0.39 is 0 Å². The Bertz CT molecular complexity index is 441. The summed E-state index contributed by atoms with van der Waals surface area (Å²) in [6.45, 7) is 10.2. The highest BCUT2D eigenvalue weighted by Gasteiger charge is 1.97. The Hall–Kier alpha value is -1.73. The Balaban J connectivity index is 0.00000121. The molecule has 0 saturated heterocycles. The standard InChI is InChI=1S/C14H15N.C2H6/c1-4-11(2)5-7-13-8-6-12(3)14(9-13)10-15;1-2/h6,8-9,11H,4H2,1-3H3;1-2H3. The minimum absolute atomic E-state index is 0.414. The average molecular weight is 227 g/mol. The van der Waals surface area contributed by atoms with Crippen molar-refractivity contribution in [3.05, 3.63) is 34.9 Å². The van der Waals surface area contributed by atoms with Crippen molar-refractivity contribution >= 4 is 0 Å². The van der Waals surface area contributed by atoms with Crippen LogP contribution in [0.15, 0.2) is 18.2 Å². The molecule has 1 aromatic rings. The molecule has 0 saturated carbocycles. The van der Waals surface area contributed by atoms with Gasteiger partial charge in [0.1, 0.15) is 0 Å². The van der Waals surface area contributed by atoms with Crippen LogP contribution in [0.25, 0.3) is 0 Å². The summed E-state index contributed by atoms with van der Waals surface area (Å²) in [6.07, 6.45) is 1.06. The maximum Gasteiger partial charge on any atom is 0.0994 e. The molecular weight excluding hydrogens is 206 g/mol. The zero-order chi connectivity index (χ0) is 13.3. The topological polar surface area (TPSA) is 23.8 Å². The molecule has 17 heavy (non-hydrogen) atoms. The number of nitrogens with zero attached hydrogens (tertiary/aromatic N) is 1. The van der Waals surface area contributed by atoms with Gasteiger partial charge in [-0.15, -0.1) is 0 Å². The summed E-state index contributed by atoms with van der Waals surface area (Å²) in [5.41, 5.74) is 2.65. The zero-order valence-electron chi connectivity index (χ0n) is 11.5. The lowest BCUT2D eigenvalue weighted by Crippen LogP contribution is -1.87. The third-order valence-corrected chi connectivity index (χ3v) is 2.43. The molecule has 1 heteroatoms. The summed E-state index contributed by atoms with van der Waals surface area (Å²) in [6, 6.07) is 7.93. The molecule has 0 aliphatic rings. The van der Waals surface area contributed by atoms with Crippen LogP contribution in [0.3, 0.4) is 0 Å². The molecule has 1 unspecified atom stereocenters. The molecule has 1 nitrogen and oxygen atoms in total. The van der Waals surface area contributed by atoms with Gasteiger partial charge in [-0.05, 0) is 31.0 Å². The Morgan fingerprint density at radius 2 is 1.94 bits per heavy atom. The highest BCUT2D eigenvalue weighted by Crippen LogP contribution is 2.09. The highest BCUT2D eigenvalue weighted by molar-refractivity contribution is 5.45. The first-order chi connectivity index (χ1) is 8.17. The van der Waals surface area contributed by atoms with Gasteiger partial charge in [-0.1, -0.05) is 45.6 Å². The lowest BCUT2D eigenvalue weighted by molar-refractivity contribution is 0.723. The molecule has 0 N–H and O–H groups in total. The number of benzene rings is 1. The van der Waals surface area contributed by atoms with Crippen LogP contribution in [-0.4, -0.2) is 0 Å². The molecule has 1 atom stereocenters. The highest BCUT2D eigenvalue weighted by atomic mass is 14.2. The first-order valence-corrected chi connectivity index (χ1v) is 6.19. The van der Waals surface area contributed by atoms with Crippen LogP contribution in [0.4, 0.5) is 0 Å². The van der Waals surface area contributed by atoms with Gasteiger partial charge in [0.15, 0.2) is 0 Å². The fraction of sp³-hybridized carbons (Fsp3) is 0.438. The van der Waals surface area contributed by atoms with Crippen LogP contribution in [-0.2, 0) is 0 Å². The van der Waals surface area contributed by atoms with E-state index in [1.54, 1.807) is 0 Å². The smallest absolute Gasteiger partial charge is 0.0994 e. The van der Waals surface area contributed by atoms with E-state index in [1.807, 2.05) is 39.0 Å². The number of hydrogen-bond donors (Lipinski definition) is 0. The predicted molar refractivity (Wildman–Crippen MR) is 73.6 cm³/mol. The molecule has 0 heterocycles. The van der Waals surface area contributed by atoms with Crippen molar-refractivity contribution in [1.82, 2.24) is 0 Å². The zero-order valence-corrected chi connectivity index (χ0v) is 11.5. The van der Waals surface area contributed by atoms with E-state index in [4.69, 9.17) is 5.26 Å². The predicted octanol–water partition coefficient (Wildman–Crippen LogP) is 4.29. The summed E-state index contributed by atoms with van der Waals surface area (Å²) < 4.78 is 0. The van der Waals surface area contributed by atoms with Crippen LogP contribution in [0.1, 0.15) is 50.8 Å². The molecule has 0 aliphatic carbocycles. The lowest BCUT2D eigenvalue weighted by atomic mass is 10.0. The van der Waals surface area contributed by atoms with Crippen molar-refractivity contribution in [1.29, 1.82) is 5.26 Å². The van der Waals surface area contributed by atoms with Gasteiger partial charge >= 0.3 is 0 Å². The maximum atomic E-state index is 8.87. The Labute approximate surface area is 105 Å². The van der Waals surface area contributed by atoms with Gasteiger partial charge in [0.2, 0.25) is 0 Å². The van der Waals surface area contributed by atoms with Gasteiger partial charge in [-0.25, -0.2) is 0 Å². The first-order valence-electron chi connectivity index (χ1n) is 6.19. The fourth-order valence-electron chi connectivity index (χ4n) is 1.13. The normalized spacial score (nSPS) is 10.1. The second-order valence-corrected chi connectivity index (χ2v) is 3.72. The molecule has 90 valence electrons. The molecule has 0 spiro atoms.